The zero-order valence-electron chi connectivity index (χ0n) is 25.6. The molecule has 0 bridgehead atoms. The zero-order chi connectivity index (χ0) is 32.4. The number of aliphatic carboxylic acids is 3. The van der Waals surface area contributed by atoms with Gasteiger partial charge in [0.2, 0.25) is 12.6 Å². The van der Waals surface area contributed by atoms with Crippen molar-refractivity contribution in [2.45, 2.75) is 13.2 Å². The number of pyridine rings is 2. The van der Waals surface area contributed by atoms with E-state index in [2.05, 4.69) is 15.2 Å². The fourth-order valence-corrected chi connectivity index (χ4v) is 5.08. The summed E-state index contributed by atoms with van der Waals surface area (Å²) in [5.74, 6) is -3.18. The molecule has 0 saturated carbocycles. The Hall–Kier alpha value is -4.02. The molecule has 0 spiro atoms. The lowest BCUT2D eigenvalue weighted by atomic mass is 10.3. The Morgan fingerprint density at radius 2 is 1.20 bits per heavy atom. The number of aromatic nitrogens is 2. The first kappa shape index (κ1) is 35.5. The van der Waals surface area contributed by atoms with E-state index in [-0.39, 0.29) is 32.1 Å². The van der Waals surface area contributed by atoms with Crippen LogP contribution in [0.5, 0.6) is 0 Å². The number of carboxylic acids is 3. The normalized spacial score (nSPS) is 16.5. The number of nitrogens with one attached hydrogen (secondary N) is 1. The summed E-state index contributed by atoms with van der Waals surface area (Å²) in [6, 6.07) is 11.6. The topological polar surface area (TPSA) is 174 Å². The van der Waals surface area contributed by atoms with E-state index in [0.717, 1.165) is 5.69 Å². The van der Waals surface area contributed by atoms with Gasteiger partial charge in [-0.15, -0.1) is 0 Å². The number of carboxylic acid groups (broad SMARTS) is 3. The van der Waals surface area contributed by atoms with E-state index in [1.165, 1.54) is 0 Å². The van der Waals surface area contributed by atoms with Crippen LogP contribution < -0.4 is 9.88 Å². The molecular formula is C30H45N8O7+. The molecule has 0 unspecified atom stereocenters. The maximum absolute atomic E-state index is 13.1. The molecular weight excluding hydrogens is 584 g/mol. The van der Waals surface area contributed by atoms with Gasteiger partial charge < -0.3 is 20.6 Å². The zero-order valence-corrected chi connectivity index (χ0v) is 25.6. The first-order chi connectivity index (χ1) is 21.7. The summed E-state index contributed by atoms with van der Waals surface area (Å²) in [4.78, 5) is 61.1. The van der Waals surface area contributed by atoms with Gasteiger partial charge in [-0.05, 0) is 12.1 Å². The molecule has 4 N–H and O–H groups in total. The highest BCUT2D eigenvalue weighted by Crippen LogP contribution is 2.03. The summed E-state index contributed by atoms with van der Waals surface area (Å²) in [6.45, 7) is 4.38. The number of amides is 1. The smallest absolute Gasteiger partial charge is 0.317 e. The van der Waals surface area contributed by atoms with Crippen LogP contribution in [0.25, 0.3) is 0 Å². The molecule has 246 valence electrons. The summed E-state index contributed by atoms with van der Waals surface area (Å²) in [7, 11) is 0. The van der Waals surface area contributed by atoms with Crippen molar-refractivity contribution in [3.05, 3.63) is 60.7 Å². The monoisotopic (exact) mass is 629 g/mol. The molecule has 1 saturated heterocycles. The van der Waals surface area contributed by atoms with Crippen molar-refractivity contribution >= 4 is 23.8 Å². The Labute approximate surface area is 263 Å². The van der Waals surface area contributed by atoms with E-state index >= 15 is 0 Å². The first-order valence-corrected chi connectivity index (χ1v) is 15.0. The van der Waals surface area contributed by atoms with E-state index in [0.29, 0.717) is 78.7 Å². The van der Waals surface area contributed by atoms with Crippen molar-refractivity contribution in [2.75, 3.05) is 91.6 Å². The predicted octanol–water partition coefficient (Wildman–Crippen LogP) is -1.58. The lowest BCUT2D eigenvalue weighted by molar-refractivity contribution is -0.716. The maximum Gasteiger partial charge on any atom is 0.317 e. The molecule has 1 aliphatic heterocycles. The number of hydrogen-bond donors (Lipinski definition) is 4. The quantitative estimate of drug-likeness (QED) is 0.166. The van der Waals surface area contributed by atoms with E-state index in [1.807, 2.05) is 58.3 Å². The van der Waals surface area contributed by atoms with Crippen LogP contribution in [0.15, 0.2) is 55.0 Å². The fraction of sp³-hybridized carbons (Fsp3) is 0.533. The van der Waals surface area contributed by atoms with Gasteiger partial charge in [0, 0.05) is 90.3 Å². The third-order valence-corrected chi connectivity index (χ3v) is 7.38. The Morgan fingerprint density at radius 1 is 0.711 bits per heavy atom. The van der Waals surface area contributed by atoms with Gasteiger partial charge in [0.05, 0.1) is 31.9 Å². The second kappa shape index (κ2) is 19.4. The maximum atomic E-state index is 13.1. The van der Waals surface area contributed by atoms with Crippen molar-refractivity contribution in [1.82, 2.24) is 34.8 Å². The van der Waals surface area contributed by atoms with E-state index < -0.39 is 17.9 Å². The van der Waals surface area contributed by atoms with Gasteiger partial charge >= 0.3 is 17.9 Å². The number of nitrogens with zero attached hydrogens (tertiary/aromatic N) is 7. The first-order valence-electron chi connectivity index (χ1n) is 15.0. The highest BCUT2D eigenvalue weighted by Gasteiger charge is 2.21. The molecule has 45 heavy (non-hydrogen) atoms. The van der Waals surface area contributed by atoms with Crippen LogP contribution >= 0.6 is 0 Å². The van der Waals surface area contributed by atoms with Crippen LogP contribution in [0.4, 0.5) is 0 Å². The predicted molar refractivity (Wildman–Crippen MR) is 163 cm³/mol. The molecule has 2 aromatic rings. The van der Waals surface area contributed by atoms with Crippen LogP contribution in [0.3, 0.4) is 0 Å². The fourth-order valence-electron chi connectivity index (χ4n) is 5.08. The van der Waals surface area contributed by atoms with Crippen LogP contribution in [0, 0.1) is 0 Å². The van der Waals surface area contributed by atoms with Crippen molar-refractivity contribution in [3.63, 3.8) is 0 Å². The Bertz CT molecular complexity index is 1130. The molecule has 15 heteroatoms. The second-order valence-electron chi connectivity index (χ2n) is 11.0. The highest BCUT2D eigenvalue weighted by molar-refractivity contribution is 5.78. The van der Waals surface area contributed by atoms with E-state index in [4.69, 9.17) is 0 Å². The van der Waals surface area contributed by atoms with Crippen LogP contribution in [-0.4, -0.2) is 160 Å². The number of carbonyl (C=O) groups is 4. The number of hydrogen-bond acceptors (Lipinski definition) is 10. The van der Waals surface area contributed by atoms with Crippen molar-refractivity contribution in [2.24, 2.45) is 0 Å². The number of rotatable bonds is 15. The largest absolute Gasteiger partial charge is 0.480 e. The van der Waals surface area contributed by atoms with Gasteiger partial charge in [-0.25, -0.2) is 4.90 Å². The molecule has 2 aromatic heterocycles. The van der Waals surface area contributed by atoms with Crippen molar-refractivity contribution < 1.29 is 39.1 Å². The molecule has 1 fully saturated rings. The average Bonchev–Trinajstić information content (AvgIpc) is 2.98. The lowest BCUT2D eigenvalue weighted by Crippen LogP contribution is -2.50. The summed E-state index contributed by atoms with van der Waals surface area (Å²) < 4.78 is 2.05. The van der Waals surface area contributed by atoms with Gasteiger partial charge in [-0.1, -0.05) is 12.1 Å². The minimum Gasteiger partial charge on any atom is -0.480 e. The third kappa shape index (κ3) is 15.0. The van der Waals surface area contributed by atoms with E-state index in [1.54, 1.807) is 20.9 Å². The SMILES string of the molecule is O=C(O)CN1CCN(CC(=O)O)CCN(CC(=O)NCCN(Cc2ccccn2)C[n+]2ccccc2)CCN(CC(=O)O)CC1. The third-order valence-electron chi connectivity index (χ3n) is 7.38. The van der Waals surface area contributed by atoms with Crippen LogP contribution in [-0.2, 0) is 32.4 Å². The Balaban J connectivity index is 1.61. The molecule has 15 nitrogen and oxygen atoms in total. The van der Waals surface area contributed by atoms with Gasteiger partial charge in [0.1, 0.15) is 0 Å². The van der Waals surface area contributed by atoms with E-state index in [9.17, 15) is 34.5 Å². The van der Waals surface area contributed by atoms with Crippen molar-refractivity contribution in [3.8, 4) is 0 Å². The summed E-state index contributed by atoms with van der Waals surface area (Å²) >= 11 is 0. The minimum absolute atomic E-state index is 0.0701. The Kier molecular flexibility index (Phi) is 15.3. The number of carbonyl (C=O) groups excluding carboxylic acids is 1. The summed E-state index contributed by atoms with van der Waals surface area (Å²) in [5.41, 5.74) is 0.919. The van der Waals surface area contributed by atoms with Gasteiger partial charge in [-0.2, -0.15) is 4.57 Å². The molecule has 1 aliphatic rings. The Morgan fingerprint density at radius 3 is 1.64 bits per heavy atom. The summed E-state index contributed by atoms with van der Waals surface area (Å²) in [5, 5.41) is 31.2. The molecule has 3 heterocycles. The molecule has 0 aliphatic carbocycles. The lowest BCUT2D eigenvalue weighted by Gasteiger charge is -2.32. The molecule has 0 radical (unpaired) electrons. The van der Waals surface area contributed by atoms with Crippen LogP contribution in [0.2, 0.25) is 0 Å². The van der Waals surface area contributed by atoms with Gasteiger partial charge in [-0.3, -0.25) is 43.8 Å². The minimum atomic E-state index is -1.01. The highest BCUT2D eigenvalue weighted by atomic mass is 16.4. The molecule has 3 rings (SSSR count). The van der Waals surface area contributed by atoms with Crippen LogP contribution in [0.1, 0.15) is 5.69 Å². The molecule has 0 atom stereocenters. The standard InChI is InChI=1S/C30H44N8O7/c39-27(32-8-11-38(20-26-6-2-3-7-31-26)25-37-9-4-1-5-10-37)21-33-12-14-34(22-28(40)41)16-18-36(24-30(44)45)19-17-35(15-13-33)23-29(42)43/h1-7,9-10H,8,11-25H2,(H3-,32,39,40,41,42,43,44,45)/p+1. The van der Waals surface area contributed by atoms with Gasteiger partial charge in [0.15, 0.2) is 12.4 Å². The summed E-state index contributed by atoms with van der Waals surface area (Å²) in [6.07, 6.45) is 5.71. The molecule has 0 aromatic carbocycles. The van der Waals surface area contributed by atoms with Gasteiger partial charge in [0.25, 0.3) is 0 Å². The molecule has 1 amide bonds. The second-order valence-corrected chi connectivity index (χ2v) is 11.0. The van der Waals surface area contributed by atoms with Crippen molar-refractivity contribution in [1.29, 1.82) is 0 Å². The average molecular weight is 630 g/mol.